The maximum Gasteiger partial charge on any atom is 3.00 e. The van der Waals surface area contributed by atoms with Gasteiger partial charge in [-0.15, -0.1) is 0 Å². The second kappa shape index (κ2) is 530. The average molecular weight is 469 g/mol. The topological polar surface area (TPSA) is 518 Å². The van der Waals surface area contributed by atoms with Crippen LogP contribution in [0.4, 0.5) is 4.79 Å². The van der Waals surface area contributed by atoms with Crippen LogP contribution in [0.1, 0.15) is 0 Å². The molecule has 0 heterocycles. The van der Waals surface area contributed by atoms with Crippen LogP contribution in [-0.4, -0.2) is 215 Å². The van der Waals surface area contributed by atoms with Crippen molar-refractivity contribution in [2.24, 2.45) is 0 Å². The molecule has 0 aliphatic heterocycles. The van der Waals surface area contributed by atoms with Crippen LogP contribution in [0, 0.1) is 0 Å². The standard InChI is InChI=1S/CH2O3.2Al.4Mg.15H2O/c2-1(3)4;;;;;;;;;;;;;;;;;;;;;/h(H2,2,3,4);;;;;;;15*1H2/q;2*+3;4*+2;;;;;;;;;;;;;;;/p-14. The summed E-state index contributed by atoms with van der Waals surface area (Å²) in [4.78, 5) is 8.33. The summed E-state index contributed by atoms with van der Waals surface area (Å²) < 4.78 is 0. The van der Waals surface area contributed by atoms with Crippen molar-refractivity contribution in [2.45, 2.75) is 0 Å². The summed E-state index contributed by atoms with van der Waals surface area (Å²) >= 11 is 0. The number of carbonyl (C=O) groups is 1. The number of hydrogen-bond acceptors (Lipinski definition) is 15. The van der Waals surface area contributed by atoms with Gasteiger partial charge in [0.05, 0.1) is 0 Å². The molecule has 18 nitrogen and oxygen atoms in total. The van der Waals surface area contributed by atoms with Gasteiger partial charge in [0.25, 0.3) is 0 Å². The van der Waals surface area contributed by atoms with Gasteiger partial charge in [-0.2, -0.15) is 0 Å². The largest absolute Gasteiger partial charge is 3.00 e. The van der Waals surface area contributed by atoms with E-state index < -0.39 is 6.16 Å². The number of rotatable bonds is 0. The molecule has 0 aliphatic rings. The summed E-state index contributed by atoms with van der Waals surface area (Å²) in [7, 11) is 0. The Hall–Kier alpha value is 2.80. The molecular formula is CH18Al2Mg4O18. The minimum absolute atomic E-state index is 0. The molecule has 0 aromatic heterocycles. The van der Waals surface area contributed by atoms with Crippen molar-refractivity contribution < 1.29 is 97.2 Å². The van der Waals surface area contributed by atoms with E-state index in [2.05, 4.69) is 0 Å². The molecule has 0 atom stereocenters. The van der Waals surface area contributed by atoms with Crippen LogP contribution in [0.25, 0.3) is 0 Å². The van der Waals surface area contributed by atoms with Crippen LogP contribution in [-0.2, 0) is 0 Å². The van der Waals surface area contributed by atoms with E-state index in [0.717, 1.165) is 0 Å². The van der Waals surface area contributed by atoms with E-state index in [1.165, 1.54) is 0 Å². The molecule has 0 bridgehead atoms. The molecule has 0 saturated heterocycles. The van der Waals surface area contributed by atoms with Gasteiger partial charge in [-0.3, -0.25) is 0 Å². The molecule has 0 rings (SSSR count). The molecule has 0 aliphatic carbocycles. The van der Waals surface area contributed by atoms with Crippen LogP contribution in [0.15, 0.2) is 0 Å². The normalized spacial score (nSPS) is 0.960. The molecule has 24 heteroatoms. The molecule has 18 N–H and O–H groups in total. The van der Waals surface area contributed by atoms with E-state index in [1.807, 2.05) is 0 Å². The van der Waals surface area contributed by atoms with E-state index in [9.17, 15) is 0 Å². The number of hydrogen-bond donors (Lipinski definition) is 0. The van der Waals surface area contributed by atoms with E-state index in [1.54, 1.807) is 0 Å². The van der Waals surface area contributed by atoms with E-state index in [4.69, 9.17) is 15.0 Å². The van der Waals surface area contributed by atoms with E-state index in [0.29, 0.717) is 0 Å². The monoisotopic (exact) mass is 468 g/mol. The van der Waals surface area contributed by atoms with Crippen molar-refractivity contribution in [1.82, 2.24) is 0 Å². The van der Waals surface area contributed by atoms with Gasteiger partial charge in [-0.05, 0) is 6.16 Å². The molecular weight excluding hydrogens is 451 g/mol. The fourth-order valence-electron chi connectivity index (χ4n) is 0. The predicted molar refractivity (Wildman–Crippen MR) is 74.0 cm³/mol. The summed E-state index contributed by atoms with van der Waals surface area (Å²) in [6.07, 6.45) is -2.33. The molecule has 0 saturated carbocycles. The van der Waals surface area contributed by atoms with E-state index in [-0.39, 0.29) is 209 Å². The first-order valence-corrected chi connectivity index (χ1v) is 0.612. The third-order valence-electron chi connectivity index (χ3n) is 0. The van der Waals surface area contributed by atoms with Crippen molar-refractivity contribution in [3.63, 3.8) is 0 Å². The van der Waals surface area contributed by atoms with Crippen molar-refractivity contribution in [3.05, 3.63) is 0 Å². The zero-order chi connectivity index (χ0) is 3.58. The fourth-order valence-corrected chi connectivity index (χ4v) is 0. The smallest absolute Gasteiger partial charge is 0.870 e. The van der Waals surface area contributed by atoms with Gasteiger partial charge in [0.15, 0.2) is 0 Å². The predicted octanol–water partition coefficient (Wildman–Crippen LogP) is -9.33. The molecule has 0 spiro atoms. The first-order chi connectivity index (χ1) is 1.73. The van der Waals surface area contributed by atoms with Crippen molar-refractivity contribution in [1.29, 1.82) is 0 Å². The quantitative estimate of drug-likeness (QED) is 0.297. The maximum atomic E-state index is 8.33. The molecule has 0 aromatic carbocycles. The van der Waals surface area contributed by atoms with Crippen LogP contribution in [0.2, 0.25) is 0 Å². The minimum Gasteiger partial charge on any atom is -0.870 e. The second-order valence-electron chi connectivity index (χ2n) is 0.250. The zero-order valence-corrected chi connectivity index (χ0v) is 20.5. The fraction of sp³-hybridized carbons (Fsp3) is 0. The van der Waals surface area contributed by atoms with Crippen LogP contribution >= 0.6 is 0 Å². The Morgan fingerprint density at radius 2 is 0.400 bits per heavy atom. The second-order valence-corrected chi connectivity index (χ2v) is 0.250. The van der Waals surface area contributed by atoms with Crippen molar-refractivity contribution in [2.75, 3.05) is 0 Å². The molecule has 25 heavy (non-hydrogen) atoms. The summed E-state index contributed by atoms with van der Waals surface area (Å²) in [5.41, 5.74) is 0. The summed E-state index contributed by atoms with van der Waals surface area (Å²) in [6, 6.07) is 0. The van der Waals surface area contributed by atoms with Gasteiger partial charge in [0.2, 0.25) is 0 Å². The Bertz CT molecular complexity index is 54.1. The minimum atomic E-state index is -2.33. The molecule has 0 radical (unpaired) electrons. The Labute approximate surface area is 228 Å². The zero-order valence-electron chi connectivity index (χ0n) is 12.6. The molecule has 0 amide bonds. The van der Waals surface area contributed by atoms with Crippen LogP contribution in [0.3, 0.4) is 0 Å². The Kier molecular flexibility index (Phi) is 12600. The van der Waals surface area contributed by atoms with E-state index >= 15 is 0 Å². The number of carboxylic acid groups (broad SMARTS) is 2. The first-order valence-electron chi connectivity index (χ1n) is 0.612. The van der Waals surface area contributed by atoms with Crippen LogP contribution in [0.5, 0.6) is 0 Å². The van der Waals surface area contributed by atoms with Gasteiger partial charge in [-0.25, -0.2) is 0 Å². The Balaban J connectivity index is -0.000000000214. The van der Waals surface area contributed by atoms with Crippen LogP contribution < -0.4 is 10.2 Å². The number of carbonyl (C=O) groups excluding carboxylic acids is 1. The average Bonchev–Trinajstić information content (AvgIpc) is 0.811. The summed E-state index contributed by atoms with van der Waals surface area (Å²) in [5.74, 6) is 0. The van der Waals surface area contributed by atoms with Gasteiger partial charge in [0.1, 0.15) is 0 Å². The SMILES string of the molecule is O.O.O.O=C([O-])[O-].[Al+3].[Al+3].[Mg+2].[Mg+2].[Mg+2].[Mg+2].[OH-].[OH-].[OH-].[OH-].[OH-].[OH-].[OH-].[OH-].[OH-].[OH-].[OH-].[OH-]. The van der Waals surface area contributed by atoms with Crippen molar-refractivity contribution >= 4 is 133 Å². The van der Waals surface area contributed by atoms with Gasteiger partial charge < -0.3 is 97.2 Å². The molecule has 0 aromatic rings. The molecule has 144 valence electrons. The van der Waals surface area contributed by atoms with Gasteiger partial charge >= 0.3 is 127 Å². The maximum absolute atomic E-state index is 8.33. The summed E-state index contributed by atoms with van der Waals surface area (Å²) in [6.45, 7) is 0. The summed E-state index contributed by atoms with van der Waals surface area (Å²) in [5, 5.41) is 16.7. The third kappa shape index (κ3) is 2100. The Morgan fingerprint density at radius 3 is 0.400 bits per heavy atom. The first kappa shape index (κ1) is 594. The van der Waals surface area contributed by atoms with Crippen molar-refractivity contribution in [3.8, 4) is 0 Å². The molecule has 0 unspecified atom stereocenters. The third-order valence-corrected chi connectivity index (χ3v) is 0. The Morgan fingerprint density at radius 1 is 0.400 bits per heavy atom. The molecule has 0 fully saturated rings. The van der Waals surface area contributed by atoms with Gasteiger partial charge in [0, 0.05) is 0 Å². The van der Waals surface area contributed by atoms with Gasteiger partial charge in [-0.1, -0.05) is 0 Å².